The van der Waals surface area contributed by atoms with E-state index >= 15 is 0 Å². The number of hydrogen-bond acceptors (Lipinski definition) is 3. The Labute approximate surface area is 195 Å². The molecule has 0 bridgehead atoms. The summed E-state index contributed by atoms with van der Waals surface area (Å²) in [4.78, 5) is 13.2. The Balaban J connectivity index is 1.59. The van der Waals surface area contributed by atoms with Crippen LogP contribution in [-0.4, -0.2) is 19.1 Å². The second-order valence-electron chi connectivity index (χ2n) is 8.67. The maximum Gasteiger partial charge on any atom is 0.255 e. The standard InChI is InChI=1S/C28H31FN2O2/c1-3-30-17-23-6-4-5-7-24(23)22-12-13-27(33-18-20-10-11-20)25(15-22)28(32)31-16-21-9-8-19(2)26(29)14-21/h4-9,12-15,20,30H,3,10-11,16-18H2,1-2H3,(H,31,32). The molecule has 1 saturated carbocycles. The van der Waals surface area contributed by atoms with Crippen molar-refractivity contribution in [1.29, 1.82) is 0 Å². The number of rotatable bonds is 10. The van der Waals surface area contributed by atoms with E-state index < -0.39 is 0 Å². The van der Waals surface area contributed by atoms with Gasteiger partial charge in [0, 0.05) is 13.1 Å². The van der Waals surface area contributed by atoms with Crippen LogP contribution in [0.1, 0.15) is 46.8 Å². The Morgan fingerprint density at radius 2 is 1.88 bits per heavy atom. The summed E-state index contributed by atoms with van der Waals surface area (Å²) < 4.78 is 19.9. The molecule has 0 atom stereocenters. The average molecular weight is 447 g/mol. The Kier molecular flexibility index (Phi) is 7.40. The molecule has 1 amide bonds. The molecule has 3 aromatic carbocycles. The molecule has 0 heterocycles. The third kappa shape index (κ3) is 5.99. The van der Waals surface area contributed by atoms with Crippen LogP contribution in [0.4, 0.5) is 4.39 Å². The lowest BCUT2D eigenvalue weighted by atomic mass is 9.97. The largest absolute Gasteiger partial charge is 0.492 e. The summed E-state index contributed by atoms with van der Waals surface area (Å²) in [5, 5.41) is 6.31. The van der Waals surface area contributed by atoms with E-state index in [0.29, 0.717) is 29.4 Å². The minimum Gasteiger partial charge on any atom is -0.492 e. The summed E-state index contributed by atoms with van der Waals surface area (Å²) in [5.41, 5.74) is 5.03. The van der Waals surface area contributed by atoms with Crippen LogP contribution in [0.2, 0.25) is 0 Å². The van der Waals surface area contributed by atoms with Crippen molar-refractivity contribution in [2.45, 2.75) is 39.8 Å². The first-order valence-corrected chi connectivity index (χ1v) is 11.6. The van der Waals surface area contributed by atoms with E-state index in [-0.39, 0.29) is 18.3 Å². The molecule has 2 N–H and O–H groups in total. The fourth-order valence-corrected chi connectivity index (χ4v) is 3.73. The van der Waals surface area contributed by atoms with Crippen LogP contribution in [0.3, 0.4) is 0 Å². The number of carbonyl (C=O) groups is 1. The maximum absolute atomic E-state index is 13.9. The van der Waals surface area contributed by atoms with E-state index in [1.807, 2.05) is 36.4 Å². The van der Waals surface area contributed by atoms with E-state index in [2.05, 4.69) is 29.7 Å². The fourth-order valence-electron chi connectivity index (χ4n) is 3.73. The molecule has 1 fully saturated rings. The van der Waals surface area contributed by atoms with Crippen LogP contribution in [0, 0.1) is 18.7 Å². The number of ether oxygens (including phenoxy) is 1. The predicted molar refractivity (Wildman–Crippen MR) is 130 cm³/mol. The molecular weight excluding hydrogens is 415 g/mol. The van der Waals surface area contributed by atoms with Gasteiger partial charge in [-0.15, -0.1) is 0 Å². The molecule has 0 spiro atoms. The third-order valence-corrected chi connectivity index (χ3v) is 5.98. The Morgan fingerprint density at radius 1 is 1.06 bits per heavy atom. The number of carbonyl (C=O) groups excluding carboxylic acids is 1. The Bertz CT molecular complexity index is 1120. The Hall–Kier alpha value is -3.18. The van der Waals surface area contributed by atoms with Gasteiger partial charge in [-0.3, -0.25) is 4.79 Å². The number of hydrogen-bond donors (Lipinski definition) is 2. The summed E-state index contributed by atoms with van der Waals surface area (Å²) in [7, 11) is 0. The lowest BCUT2D eigenvalue weighted by Gasteiger charge is -2.15. The van der Waals surface area contributed by atoms with Crippen molar-refractivity contribution in [3.05, 3.63) is 88.7 Å². The highest BCUT2D eigenvalue weighted by atomic mass is 19.1. The molecule has 1 aliphatic rings. The molecule has 4 nitrogen and oxygen atoms in total. The first-order valence-electron chi connectivity index (χ1n) is 11.6. The molecule has 0 saturated heterocycles. The molecule has 0 aliphatic heterocycles. The summed E-state index contributed by atoms with van der Waals surface area (Å²) in [6, 6.07) is 19.0. The van der Waals surface area contributed by atoms with E-state index in [4.69, 9.17) is 4.74 Å². The maximum atomic E-state index is 13.9. The fraction of sp³-hybridized carbons (Fsp3) is 0.321. The highest BCUT2D eigenvalue weighted by molar-refractivity contribution is 5.98. The van der Waals surface area contributed by atoms with Crippen molar-refractivity contribution in [1.82, 2.24) is 10.6 Å². The van der Waals surface area contributed by atoms with Gasteiger partial charge in [0.1, 0.15) is 11.6 Å². The van der Waals surface area contributed by atoms with Gasteiger partial charge in [0.2, 0.25) is 0 Å². The average Bonchev–Trinajstić information content (AvgIpc) is 3.67. The van der Waals surface area contributed by atoms with E-state index in [9.17, 15) is 9.18 Å². The quantitative estimate of drug-likeness (QED) is 0.424. The van der Waals surface area contributed by atoms with Gasteiger partial charge in [0.05, 0.1) is 12.2 Å². The molecule has 5 heteroatoms. The van der Waals surface area contributed by atoms with E-state index in [1.165, 1.54) is 24.5 Å². The van der Waals surface area contributed by atoms with Gasteiger partial charge < -0.3 is 15.4 Å². The van der Waals surface area contributed by atoms with Crippen molar-refractivity contribution in [2.75, 3.05) is 13.2 Å². The molecule has 33 heavy (non-hydrogen) atoms. The topological polar surface area (TPSA) is 50.4 Å². The summed E-state index contributed by atoms with van der Waals surface area (Å²) in [6.07, 6.45) is 2.35. The van der Waals surface area contributed by atoms with Gasteiger partial charge in [-0.25, -0.2) is 4.39 Å². The molecular formula is C28H31FN2O2. The molecule has 0 radical (unpaired) electrons. The molecule has 3 aromatic rings. The zero-order chi connectivity index (χ0) is 23.2. The predicted octanol–water partition coefficient (Wildman–Crippen LogP) is 5.63. The number of nitrogens with one attached hydrogen (secondary N) is 2. The summed E-state index contributed by atoms with van der Waals surface area (Å²) in [5.74, 6) is 0.668. The number of amides is 1. The SMILES string of the molecule is CCNCc1ccccc1-c1ccc(OCC2CC2)c(C(=O)NCc2ccc(C)c(F)c2)c1. The van der Waals surface area contributed by atoms with Gasteiger partial charge in [-0.2, -0.15) is 0 Å². The lowest BCUT2D eigenvalue weighted by Crippen LogP contribution is -2.24. The normalized spacial score (nSPS) is 13.1. The minimum absolute atomic E-state index is 0.229. The monoisotopic (exact) mass is 446 g/mol. The highest BCUT2D eigenvalue weighted by Crippen LogP contribution is 2.33. The molecule has 1 aliphatic carbocycles. The Morgan fingerprint density at radius 3 is 2.64 bits per heavy atom. The van der Waals surface area contributed by atoms with Crippen LogP contribution < -0.4 is 15.4 Å². The van der Waals surface area contributed by atoms with Gasteiger partial charge in [-0.05, 0) is 78.2 Å². The van der Waals surface area contributed by atoms with Crippen molar-refractivity contribution in [2.24, 2.45) is 5.92 Å². The molecule has 4 rings (SSSR count). The molecule has 0 aromatic heterocycles. The molecule has 172 valence electrons. The van der Waals surface area contributed by atoms with E-state index in [1.54, 1.807) is 13.0 Å². The third-order valence-electron chi connectivity index (χ3n) is 5.98. The van der Waals surface area contributed by atoms with Gasteiger partial charge >= 0.3 is 0 Å². The van der Waals surface area contributed by atoms with Crippen molar-refractivity contribution >= 4 is 5.91 Å². The first kappa shape index (κ1) is 23.0. The van der Waals surface area contributed by atoms with Crippen molar-refractivity contribution in [3.8, 4) is 16.9 Å². The summed E-state index contributed by atoms with van der Waals surface area (Å²) >= 11 is 0. The smallest absolute Gasteiger partial charge is 0.255 e. The van der Waals surface area contributed by atoms with Crippen molar-refractivity contribution < 1.29 is 13.9 Å². The van der Waals surface area contributed by atoms with E-state index in [0.717, 1.165) is 29.8 Å². The second kappa shape index (κ2) is 10.6. The second-order valence-corrected chi connectivity index (χ2v) is 8.67. The van der Waals surface area contributed by atoms with Crippen LogP contribution in [0.25, 0.3) is 11.1 Å². The first-order chi connectivity index (χ1) is 16.0. The van der Waals surface area contributed by atoms with Crippen LogP contribution in [0.5, 0.6) is 5.75 Å². The number of halogens is 1. The van der Waals surface area contributed by atoms with Crippen LogP contribution >= 0.6 is 0 Å². The highest BCUT2D eigenvalue weighted by Gasteiger charge is 2.23. The van der Waals surface area contributed by atoms with Crippen LogP contribution in [0.15, 0.2) is 60.7 Å². The lowest BCUT2D eigenvalue weighted by molar-refractivity contribution is 0.0946. The van der Waals surface area contributed by atoms with Gasteiger partial charge in [0.25, 0.3) is 5.91 Å². The van der Waals surface area contributed by atoms with Gasteiger partial charge in [0.15, 0.2) is 0 Å². The van der Waals surface area contributed by atoms with Crippen molar-refractivity contribution in [3.63, 3.8) is 0 Å². The zero-order valence-electron chi connectivity index (χ0n) is 19.3. The minimum atomic E-state index is -0.269. The number of benzene rings is 3. The van der Waals surface area contributed by atoms with Crippen LogP contribution in [-0.2, 0) is 13.1 Å². The zero-order valence-corrected chi connectivity index (χ0v) is 19.3. The molecule has 0 unspecified atom stereocenters. The summed E-state index contributed by atoms with van der Waals surface area (Å²) in [6.45, 7) is 6.32. The van der Waals surface area contributed by atoms with Gasteiger partial charge in [-0.1, -0.05) is 49.4 Å². The number of aryl methyl sites for hydroxylation is 1.